The van der Waals surface area contributed by atoms with Gasteiger partial charge in [0.2, 0.25) is 0 Å². The molecule has 0 aliphatic carbocycles. The Morgan fingerprint density at radius 1 is 1.38 bits per heavy atom. The van der Waals surface area contributed by atoms with E-state index in [0.717, 1.165) is 27.8 Å². The maximum atomic E-state index is 13.3. The average Bonchev–Trinajstić information content (AvgIpc) is 3.05. The van der Waals surface area contributed by atoms with Crippen molar-refractivity contribution in [2.24, 2.45) is 12.9 Å². The Kier molecular flexibility index (Phi) is 4.01. The van der Waals surface area contributed by atoms with Crippen LogP contribution in [0.1, 0.15) is 23.0 Å². The second-order valence-corrected chi connectivity index (χ2v) is 6.15. The van der Waals surface area contributed by atoms with Crippen LogP contribution in [0.15, 0.2) is 36.5 Å². The molecule has 2 heterocycles. The molecule has 6 heteroatoms. The van der Waals surface area contributed by atoms with E-state index in [1.165, 1.54) is 11.8 Å². The highest BCUT2D eigenvalue weighted by atomic mass is 32.1. The number of hydrogen-bond acceptors (Lipinski definition) is 4. The highest BCUT2D eigenvalue weighted by Gasteiger charge is 2.14. The van der Waals surface area contributed by atoms with Crippen LogP contribution >= 0.6 is 11.3 Å². The number of nitrogens with zero attached hydrogens (tertiary/aromatic N) is 2. The van der Waals surface area contributed by atoms with Crippen molar-refractivity contribution in [1.82, 2.24) is 15.2 Å². The lowest BCUT2D eigenvalue weighted by molar-refractivity contribution is 0.514. The Hall–Kier alpha value is -1.76. The van der Waals surface area contributed by atoms with Crippen molar-refractivity contribution in [3.8, 4) is 0 Å². The summed E-state index contributed by atoms with van der Waals surface area (Å²) in [5.41, 5.74) is 4.03. The minimum Gasteiger partial charge on any atom is -0.273 e. The molecule has 0 radical (unpaired) electrons. The molecule has 2 aromatic heterocycles. The predicted molar refractivity (Wildman–Crippen MR) is 83.4 cm³/mol. The average molecular weight is 304 g/mol. The standard InChI is InChI=1S/C15H17FN4S/c1-20-12(6-7-18-20)4-5-13(19-17)15-8-10-2-3-11(16)9-14(10)21-15/h2-3,6-9,13,19H,4-5,17H2,1H3. The summed E-state index contributed by atoms with van der Waals surface area (Å²) in [4.78, 5) is 1.13. The minimum absolute atomic E-state index is 0.0559. The van der Waals surface area contributed by atoms with Gasteiger partial charge in [-0.2, -0.15) is 5.10 Å². The van der Waals surface area contributed by atoms with Crippen LogP contribution in [0.5, 0.6) is 0 Å². The summed E-state index contributed by atoms with van der Waals surface area (Å²) in [7, 11) is 1.93. The zero-order valence-corrected chi connectivity index (χ0v) is 12.5. The van der Waals surface area contributed by atoms with E-state index in [4.69, 9.17) is 5.84 Å². The molecule has 0 spiro atoms. The summed E-state index contributed by atoms with van der Waals surface area (Å²) in [6.45, 7) is 0. The van der Waals surface area contributed by atoms with Crippen molar-refractivity contribution >= 4 is 21.4 Å². The van der Waals surface area contributed by atoms with Crippen molar-refractivity contribution in [2.75, 3.05) is 0 Å². The van der Waals surface area contributed by atoms with Gasteiger partial charge in [0.1, 0.15) is 5.82 Å². The Morgan fingerprint density at radius 3 is 2.95 bits per heavy atom. The first-order valence-electron chi connectivity index (χ1n) is 6.79. The van der Waals surface area contributed by atoms with E-state index < -0.39 is 0 Å². The van der Waals surface area contributed by atoms with E-state index in [1.807, 2.05) is 17.8 Å². The van der Waals surface area contributed by atoms with Gasteiger partial charge < -0.3 is 0 Å². The fraction of sp³-hybridized carbons (Fsp3) is 0.267. The zero-order valence-electron chi connectivity index (χ0n) is 11.7. The van der Waals surface area contributed by atoms with Crippen LogP contribution < -0.4 is 11.3 Å². The molecule has 3 N–H and O–H groups in total. The Morgan fingerprint density at radius 2 is 2.24 bits per heavy atom. The van der Waals surface area contributed by atoms with Gasteiger partial charge in [-0.1, -0.05) is 6.07 Å². The topological polar surface area (TPSA) is 55.9 Å². The van der Waals surface area contributed by atoms with Crippen LogP contribution in [-0.2, 0) is 13.5 Å². The smallest absolute Gasteiger partial charge is 0.124 e. The lowest BCUT2D eigenvalue weighted by Gasteiger charge is -2.13. The SMILES string of the molecule is Cn1nccc1CCC(NN)c1cc2ccc(F)cc2s1. The van der Waals surface area contributed by atoms with E-state index in [2.05, 4.69) is 16.6 Å². The van der Waals surface area contributed by atoms with Gasteiger partial charge in [0.05, 0.1) is 6.04 Å². The van der Waals surface area contributed by atoms with Crippen LogP contribution in [0.2, 0.25) is 0 Å². The third-order valence-corrected chi connectivity index (χ3v) is 4.87. The molecule has 0 saturated heterocycles. The van der Waals surface area contributed by atoms with E-state index in [0.29, 0.717) is 0 Å². The Labute approximate surface area is 126 Å². The molecular formula is C15H17FN4S. The van der Waals surface area contributed by atoms with Crippen LogP contribution in [-0.4, -0.2) is 9.78 Å². The minimum atomic E-state index is -0.206. The number of aromatic nitrogens is 2. The van der Waals surface area contributed by atoms with E-state index >= 15 is 0 Å². The number of rotatable bonds is 5. The molecule has 1 atom stereocenters. The number of nitrogens with two attached hydrogens (primary N) is 1. The summed E-state index contributed by atoms with van der Waals surface area (Å²) in [6.07, 6.45) is 3.54. The van der Waals surface area contributed by atoms with Crippen LogP contribution in [0, 0.1) is 5.82 Å². The van der Waals surface area contributed by atoms with Crippen molar-refractivity contribution < 1.29 is 4.39 Å². The highest BCUT2D eigenvalue weighted by molar-refractivity contribution is 7.19. The largest absolute Gasteiger partial charge is 0.273 e. The number of hydrazine groups is 1. The molecule has 0 aliphatic heterocycles. The summed E-state index contributed by atoms with van der Waals surface area (Å²) >= 11 is 1.58. The third-order valence-electron chi connectivity index (χ3n) is 3.66. The molecule has 0 fully saturated rings. The molecule has 0 aliphatic rings. The quantitative estimate of drug-likeness (QED) is 0.563. The Balaban J connectivity index is 1.79. The van der Waals surface area contributed by atoms with E-state index in [9.17, 15) is 4.39 Å². The van der Waals surface area contributed by atoms with Crippen molar-refractivity contribution in [2.45, 2.75) is 18.9 Å². The first-order chi connectivity index (χ1) is 10.2. The Bertz CT molecular complexity index is 749. The highest BCUT2D eigenvalue weighted by Crippen LogP contribution is 2.32. The van der Waals surface area contributed by atoms with Gasteiger partial charge in [-0.05, 0) is 42.5 Å². The fourth-order valence-electron chi connectivity index (χ4n) is 2.44. The van der Waals surface area contributed by atoms with Gasteiger partial charge in [0.25, 0.3) is 0 Å². The lowest BCUT2D eigenvalue weighted by atomic mass is 10.1. The molecule has 1 unspecified atom stereocenters. The molecule has 3 rings (SSSR count). The maximum absolute atomic E-state index is 13.3. The number of aryl methyl sites for hydroxylation is 2. The molecule has 1 aromatic carbocycles. The molecule has 0 saturated carbocycles. The summed E-state index contributed by atoms with van der Waals surface area (Å²) in [5, 5.41) is 5.22. The molecular weight excluding hydrogens is 287 g/mol. The summed E-state index contributed by atoms with van der Waals surface area (Å²) in [5.74, 6) is 5.49. The molecule has 0 bridgehead atoms. The molecule has 0 amide bonds. The molecule has 3 aromatic rings. The number of halogens is 1. The molecule has 4 nitrogen and oxygen atoms in total. The number of fused-ring (bicyclic) bond motifs is 1. The van der Waals surface area contributed by atoms with Crippen LogP contribution in [0.3, 0.4) is 0 Å². The normalized spacial score (nSPS) is 12.9. The number of hydrogen-bond donors (Lipinski definition) is 2. The number of thiophene rings is 1. The van der Waals surface area contributed by atoms with Gasteiger partial charge in [0.15, 0.2) is 0 Å². The maximum Gasteiger partial charge on any atom is 0.124 e. The molecule has 110 valence electrons. The van der Waals surface area contributed by atoms with Crippen molar-refractivity contribution in [3.05, 3.63) is 52.9 Å². The van der Waals surface area contributed by atoms with Gasteiger partial charge >= 0.3 is 0 Å². The first kappa shape index (κ1) is 14.2. The number of benzene rings is 1. The second kappa shape index (κ2) is 5.93. The predicted octanol–water partition coefficient (Wildman–Crippen LogP) is 2.91. The summed E-state index contributed by atoms with van der Waals surface area (Å²) < 4.78 is 16.1. The molecule has 21 heavy (non-hydrogen) atoms. The summed E-state index contributed by atoms with van der Waals surface area (Å²) in [6, 6.07) is 9.00. The van der Waals surface area contributed by atoms with Crippen molar-refractivity contribution in [1.29, 1.82) is 0 Å². The van der Waals surface area contributed by atoms with Gasteiger partial charge in [-0.25, -0.2) is 4.39 Å². The monoisotopic (exact) mass is 304 g/mol. The van der Waals surface area contributed by atoms with Crippen LogP contribution in [0.25, 0.3) is 10.1 Å². The first-order valence-corrected chi connectivity index (χ1v) is 7.61. The van der Waals surface area contributed by atoms with Gasteiger partial charge in [-0.3, -0.25) is 16.0 Å². The lowest BCUT2D eigenvalue weighted by Crippen LogP contribution is -2.27. The van der Waals surface area contributed by atoms with E-state index in [1.54, 1.807) is 29.7 Å². The van der Waals surface area contributed by atoms with Gasteiger partial charge in [0, 0.05) is 28.5 Å². The fourth-order valence-corrected chi connectivity index (χ4v) is 3.63. The van der Waals surface area contributed by atoms with Gasteiger partial charge in [-0.15, -0.1) is 11.3 Å². The number of nitrogens with one attached hydrogen (secondary N) is 1. The third kappa shape index (κ3) is 2.97. The second-order valence-electron chi connectivity index (χ2n) is 5.03. The zero-order chi connectivity index (χ0) is 14.8. The van der Waals surface area contributed by atoms with Crippen LogP contribution in [0.4, 0.5) is 4.39 Å². The van der Waals surface area contributed by atoms with Crippen molar-refractivity contribution in [3.63, 3.8) is 0 Å². The van der Waals surface area contributed by atoms with E-state index in [-0.39, 0.29) is 11.9 Å².